The first-order valence-corrected chi connectivity index (χ1v) is 9.33. The highest BCUT2D eigenvalue weighted by Crippen LogP contribution is 2.23. The van der Waals surface area contributed by atoms with E-state index in [1.165, 1.54) is 43.4 Å². The number of carboxylic acid groups (broad SMARTS) is 1. The molecule has 1 aromatic rings. The fourth-order valence-electron chi connectivity index (χ4n) is 2.71. The van der Waals surface area contributed by atoms with Gasteiger partial charge in [0.15, 0.2) is 9.84 Å². The summed E-state index contributed by atoms with van der Waals surface area (Å²) in [4.78, 5) is 25.3. The van der Waals surface area contributed by atoms with Crippen molar-refractivity contribution in [2.75, 3.05) is 33.1 Å². The van der Waals surface area contributed by atoms with Crippen molar-refractivity contribution in [3.8, 4) is 0 Å². The molecule has 1 aliphatic rings. The molecule has 0 aliphatic carbocycles. The minimum Gasteiger partial charge on any atom is -0.480 e. The summed E-state index contributed by atoms with van der Waals surface area (Å²) in [6.45, 7) is 0.260. The molecule has 0 saturated carbocycles. The van der Waals surface area contributed by atoms with Gasteiger partial charge < -0.3 is 19.5 Å². The second-order valence-electron chi connectivity index (χ2n) is 5.74. The van der Waals surface area contributed by atoms with Gasteiger partial charge in [0, 0.05) is 32.7 Å². The summed E-state index contributed by atoms with van der Waals surface area (Å²) in [5.74, 6) is -1.71. The highest BCUT2D eigenvalue weighted by atomic mass is 32.2. The van der Waals surface area contributed by atoms with Gasteiger partial charge >= 0.3 is 5.97 Å². The van der Waals surface area contributed by atoms with Crippen LogP contribution in [0.3, 0.4) is 0 Å². The van der Waals surface area contributed by atoms with Gasteiger partial charge in [-0.2, -0.15) is 0 Å². The molecule has 138 valence electrons. The molecule has 9 heteroatoms. The van der Waals surface area contributed by atoms with Gasteiger partial charge in [0.2, 0.25) is 0 Å². The van der Waals surface area contributed by atoms with E-state index in [0.717, 1.165) is 0 Å². The largest absolute Gasteiger partial charge is 0.480 e. The zero-order valence-electron chi connectivity index (χ0n) is 14.0. The predicted molar refractivity (Wildman–Crippen MR) is 88.2 cm³/mol. The van der Waals surface area contributed by atoms with Gasteiger partial charge in [0.1, 0.15) is 6.04 Å². The van der Waals surface area contributed by atoms with E-state index in [0.29, 0.717) is 0 Å². The van der Waals surface area contributed by atoms with E-state index in [2.05, 4.69) is 0 Å². The van der Waals surface area contributed by atoms with Crippen LogP contribution < -0.4 is 0 Å². The van der Waals surface area contributed by atoms with Crippen molar-refractivity contribution in [2.45, 2.75) is 23.5 Å². The number of ether oxygens (including phenoxy) is 2. The first-order chi connectivity index (χ1) is 11.8. The number of hydrogen-bond acceptors (Lipinski definition) is 6. The number of methoxy groups -OCH3 is 2. The van der Waals surface area contributed by atoms with Crippen molar-refractivity contribution in [3.63, 3.8) is 0 Å². The predicted octanol–water partition coefficient (Wildman–Crippen LogP) is 0.421. The first kappa shape index (κ1) is 19.4. The molecule has 2 unspecified atom stereocenters. The number of carbonyl (C=O) groups is 2. The van der Waals surface area contributed by atoms with Crippen molar-refractivity contribution < 1.29 is 32.6 Å². The van der Waals surface area contributed by atoms with Crippen molar-refractivity contribution >= 4 is 21.7 Å². The maximum absolute atomic E-state index is 12.6. The molecule has 1 heterocycles. The van der Waals surface area contributed by atoms with Crippen LogP contribution in [0.4, 0.5) is 0 Å². The number of carbonyl (C=O) groups excluding carboxylic acids is 1. The Morgan fingerprint density at radius 2 is 1.88 bits per heavy atom. The van der Waals surface area contributed by atoms with E-state index in [1.807, 2.05) is 0 Å². The number of sulfone groups is 1. The van der Waals surface area contributed by atoms with Gasteiger partial charge in [-0.15, -0.1) is 0 Å². The van der Waals surface area contributed by atoms with Gasteiger partial charge in [-0.3, -0.25) is 4.79 Å². The molecule has 2 atom stereocenters. The summed E-state index contributed by atoms with van der Waals surface area (Å²) in [5.41, 5.74) is 0.230. The number of rotatable bonds is 7. The maximum Gasteiger partial charge on any atom is 0.326 e. The lowest BCUT2D eigenvalue weighted by atomic mass is 10.1. The zero-order valence-corrected chi connectivity index (χ0v) is 14.9. The minimum atomic E-state index is -3.48. The SMILES string of the molecule is COCCS(=O)(=O)c1ccc(C(=O)N2CC(OC)CC2C(=O)O)cc1. The average molecular weight is 371 g/mol. The highest BCUT2D eigenvalue weighted by Gasteiger charge is 2.40. The molecule has 1 amide bonds. The Morgan fingerprint density at radius 3 is 2.40 bits per heavy atom. The summed E-state index contributed by atoms with van der Waals surface area (Å²) in [7, 11) is -0.599. The lowest BCUT2D eigenvalue weighted by Crippen LogP contribution is -2.40. The van der Waals surface area contributed by atoms with E-state index in [4.69, 9.17) is 9.47 Å². The number of likely N-dealkylation sites (tertiary alicyclic amines) is 1. The van der Waals surface area contributed by atoms with Crippen LogP contribution in [0.1, 0.15) is 16.8 Å². The Morgan fingerprint density at radius 1 is 1.24 bits per heavy atom. The zero-order chi connectivity index (χ0) is 18.6. The molecular weight excluding hydrogens is 350 g/mol. The topological polar surface area (TPSA) is 110 Å². The van der Waals surface area contributed by atoms with Gasteiger partial charge in [0.05, 0.1) is 23.4 Å². The van der Waals surface area contributed by atoms with Crippen LogP contribution in [0.2, 0.25) is 0 Å². The van der Waals surface area contributed by atoms with E-state index >= 15 is 0 Å². The molecular formula is C16H21NO7S. The van der Waals surface area contributed by atoms with Crippen LogP contribution in [0, 0.1) is 0 Å². The Labute approximate surface area is 146 Å². The number of amides is 1. The third-order valence-corrected chi connectivity index (χ3v) is 5.85. The number of nitrogens with zero attached hydrogens (tertiary/aromatic N) is 1. The van der Waals surface area contributed by atoms with Gasteiger partial charge in [-0.05, 0) is 24.3 Å². The summed E-state index contributed by atoms with van der Waals surface area (Å²) in [6.07, 6.45) is -0.111. The van der Waals surface area contributed by atoms with E-state index < -0.39 is 27.8 Å². The summed E-state index contributed by atoms with van der Waals surface area (Å²) in [6, 6.07) is 4.51. The molecule has 0 radical (unpaired) electrons. The van der Waals surface area contributed by atoms with Gasteiger partial charge in [-0.25, -0.2) is 13.2 Å². The van der Waals surface area contributed by atoms with Crippen LogP contribution in [0.25, 0.3) is 0 Å². The molecule has 1 aliphatic heterocycles. The average Bonchev–Trinajstić information content (AvgIpc) is 3.04. The second kappa shape index (κ2) is 7.94. The van der Waals surface area contributed by atoms with Crippen molar-refractivity contribution in [1.29, 1.82) is 0 Å². The number of aliphatic carboxylic acids is 1. The third kappa shape index (κ3) is 4.36. The van der Waals surface area contributed by atoms with Crippen molar-refractivity contribution in [3.05, 3.63) is 29.8 Å². The van der Waals surface area contributed by atoms with Crippen molar-refractivity contribution in [1.82, 2.24) is 4.90 Å². The Kier molecular flexibility index (Phi) is 6.15. The first-order valence-electron chi connectivity index (χ1n) is 7.68. The third-order valence-electron chi connectivity index (χ3n) is 4.16. The fraction of sp³-hybridized carbons (Fsp3) is 0.500. The highest BCUT2D eigenvalue weighted by molar-refractivity contribution is 7.91. The molecule has 8 nitrogen and oxygen atoms in total. The molecule has 1 aromatic carbocycles. The minimum absolute atomic E-state index is 0.0789. The van der Waals surface area contributed by atoms with Crippen LogP contribution in [0.5, 0.6) is 0 Å². The molecule has 0 bridgehead atoms. The molecule has 0 spiro atoms. The molecule has 0 aromatic heterocycles. The van der Waals surface area contributed by atoms with Gasteiger partial charge in [-0.1, -0.05) is 0 Å². The molecule has 1 fully saturated rings. The number of benzene rings is 1. The van der Waals surface area contributed by atoms with Crippen LogP contribution in [-0.2, 0) is 24.1 Å². The normalized spacial score (nSPS) is 20.6. The molecule has 25 heavy (non-hydrogen) atoms. The van der Waals surface area contributed by atoms with E-state index in [1.54, 1.807) is 0 Å². The molecule has 1 N–H and O–H groups in total. The second-order valence-corrected chi connectivity index (χ2v) is 7.85. The fourth-order valence-corrected chi connectivity index (χ4v) is 3.88. The van der Waals surface area contributed by atoms with Crippen molar-refractivity contribution in [2.24, 2.45) is 0 Å². The number of carboxylic acids is 1. The van der Waals surface area contributed by atoms with E-state index in [9.17, 15) is 23.1 Å². The molecule has 1 saturated heterocycles. The summed E-state index contributed by atoms with van der Waals surface area (Å²) < 4.78 is 34.1. The smallest absolute Gasteiger partial charge is 0.326 e. The van der Waals surface area contributed by atoms with Gasteiger partial charge in [0.25, 0.3) is 5.91 Å². The Bertz CT molecular complexity index is 729. The maximum atomic E-state index is 12.6. The standard InChI is InChI=1S/C16H21NO7S/c1-23-7-8-25(21,22)13-5-3-11(4-6-13)15(18)17-10-12(24-2)9-14(17)16(19)20/h3-6,12,14H,7-10H2,1-2H3,(H,19,20). The molecule has 2 rings (SSSR count). The summed E-state index contributed by atoms with van der Waals surface area (Å²) in [5, 5.41) is 9.29. The van der Waals surface area contributed by atoms with Crippen LogP contribution in [0.15, 0.2) is 29.2 Å². The van der Waals surface area contributed by atoms with Crippen LogP contribution in [-0.4, -0.2) is 75.6 Å². The quantitative estimate of drug-likeness (QED) is 0.739. The number of hydrogen-bond donors (Lipinski definition) is 1. The lowest BCUT2D eigenvalue weighted by Gasteiger charge is -2.21. The summed E-state index contributed by atoms with van der Waals surface area (Å²) >= 11 is 0. The van der Waals surface area contributed by atoms with E-state index in [-0.39, 0.29) is 41.9 Å². The van der Waals surface area contributed by atoms with Crippen LogP contribution >= 0.6 is 0 Å². The Balaban J connectivity index is 2.19. The Hall–Kier alpha value is -1.97. The monoisotopic (exact) mass is 371 g/mol. The lowest BCUT2D eigenvalue weighted by molar-refractivity contribution is -0.141.